The van der Waals surface area contributed by atoms with Crippen LogP contribution < -0.4 is 16.0 Å². The van der Waals surface area contributed by atoms with Crippen molar-refractivity contribution in [1.82, 2.24) is 5.32 Å². The van der Waals surface area contributed by atoms with Crippen LogP contribution in [-0.4, -0.2) is 92.7 Å². The molecule has 2 aromatic rings. The van der Waals surface area contributed by atoms with Crippen molar-refractivity contribution in [3.05, 3.63) is 81.7 Å². The maximum Gasteiger partial charge on any atom is 0.246 e. The number of nitrogens with one attached hydrogen (secondary N) is 3. The van der Waals surface area contributed by atoms with Crippen LogP contribution in [0, 0.1) is 34.5 Å². The van der Waals surface area contributed by atoms with Gasteiger partial charge in [0.25, 0.3) is 0 Å². The number of hydrogen-bond donors (Lipinski definition) is 4. The van der Waals surface area contributed by atoms with E-state index in [0.29, 0.717) is 59.1 Å². The Balaban J connectivity index is 0.891. The van der Waals surface area contributed by atoms with E-state index >= 15 is 0 Å². The van der Waals surface area contributed by atoms with E-state index in [1.807, 2.05) is 0 Å². The van der Waals surface area contributed by atoms with Crippen molar-refractivity contribution in [3.63, 3.8) is 0 Å². The third-order valence-electron chi connectivity index (χ3n) is 14.2. The topological polar surface area (TPSA) is 218 Å². The number of fused-ring (bicyclic) bond motifs is 5. The summed E-state index contributed by atoms with van der Waals surface area (Å²) >= 11 is 0. The number of aliphatic hydroxyl groups excluding tert-OH is 1. The van der Waals surface area contributed by atoms with Crippen LogP contribution >= 0.6 is 0 Å². The molecule has 3 fully saturated rings. The van der Waals surface area contributed by atoms with E-state index in [4.69, 9.17) is 19.7 Å². The van der Waals surface area contributed by atoms with Gasteiger partial charge < -0.3 is 35.3 Å². The fourth-order valence-corrected chi connectivity index (χ4v) is 11.0. The molecular formula is C48H64N6O9. The first-order valence-electron chi connectivity index (χ1n) is 22.6. The highest BCUT2D eigenvalue weighted by Gasteiger charge is 2.61. The highest BCUT2D eigenvalue weighted by Crippen LogP contribution is 2.66. The van der Waals surface area contributed by atoms with Gasteiger partial charge in [0.15, 0.2) is 5.78 Å². The minimum Gasteiger partial charge on any atom is -0.393 e. The number of azide groups is 1. The Morgan fingerprint density at radius 2 is 1.48 bits per heavy atom. The first kappa shape index (κ1) is 47.6. The summed E-state index contributed by atoms with van der Waals surface area (Å²) in [7, 11) is 0. The highest BCUT2D eigenvalue weighted by atomic mass is 16.5. The average Bonchev–Trinajstić information content (AvgIpc) is 3.63. The highest BCUT2D eigenvalue weighted by molar-refractivity contribution is 6.09. The Morgan fingerprint density at radius 3 is 2.16 bits per heavy atom. The number of benzene rings is 2. The summed E-state index contributed by atoms with van der Waals surface area (Å²) in [6.45, 7) is 7.50. The van der Waals surface area contributed by atoms with E-state index in [-0.39, 0.29) is 80.2 Å². The van der Waals surface area contributed by atoms with Gasteiger partial charge in [0.1, 0.15) is 12.4 Å². The van der Waals surface area contributed by atoms with E-state index in [1.54, 1.807) is 55.5 Å². The third-order valence-corrected chi connectivity index (χ3v) is 14.2. The van der Waals surface area contributed by atoms with Crippen molar-refractivity contribution in [1.29, 1.82) is 0 Å². The summed E-state index contributed by atoms with van der Waals surface area (Å²) in [4.78, 5) is 65.7. The Hall–Kier alpha value is -4.92. The van der Waals surface area contributed by atoms with Crippen LogP contribution in [0.3, 0.4) is 0 Å². The van der Waals surface area contributed by atoms with Crippen LogP contribution in [-0.2, 0) is 33.4 Å². The van der Waals surface area contributed by atoms with E-state index in [0.717, 1.165) is 64.2 Å². The van der Waals surface area contributed by atoms with Gasteiger partial charge >= 0.3 is 0 Å². The molecule has 63 heavy (non-hydrogen) atoms. The monoisotopic (exact) mass is 868 g/mol. The lowest BCUT2D eigenvalue weighted by atomic mass is 9.46. The van der Waals surface area contributed by atoms with Crippen molar-refractivity contribution >= 4 is 40.7 Å². The molecule has 0 bridgehead atoms. The first-order chi connectivity index (χ1) is 30.3. The molecule has 15 nitrogen and oxygen atoms in total. The van der Waals surface area contributed by atoms with Gasteiger partial charge in [-0.15, -0.1) is 0 Å². The predicted molar refractivity (Wildman–Crippen MR) is 238 cm³/mol. The number of ketones is 2. The zero-order valence-electron chi connectivity index (χ0n) is 36.9. The average molecular weight is 869 g/mol. The fraction of sp³-hybridized carbons (Fsp3) is 0.604. The molecule has 0 heterocycles. The molecule has 8 atom stereocenters. The zero-order valence-corrected chi connectivity index (χ0v) is 36.9. The summed E-state index contributed by atoms with van der Waals surface area (Å²) in [5.74, 6) is 0.534. The Bertz CT molecular complexity index is 2020. The van der Waals surface area contributed by atoms with Crippen LogP contribution in [0.25, 0.3) is 10.4 Å². The second-order valence-corrected chi connectivity index (χ2v) is 18.2. The third kappa shape index (κ3) is 12.0. The molecule has 3 amide bonds. The normalized spacial score (nSPS) is 27.1. The largest absolute Gasteiger partial charge is 0.393 e. The molecule has 0 radical (unpaired) electrons. The van der Waals surface area contributed by atoms with Gasteiger partial charge in [0, 0.05) is 52.9 Å². The lowest BCUT2D eigenvalue weighted by Gasteiger charge is -2.59. The standard InChI is InChI=1S/C48H64N6O9/c1-31(55)38-16-17-39-45-40(19-21-48(38,39)3)47(2)20-18-37(56)27-34(47)28-41(45)63-23-6-4-5-7-42(57)52-35-12-8-32(9-13-35)46(60)33-10-14-36(15-11-33)53-43(58)29-50-44(59)30-62-26-25-61-24-22-51-54-49/h8-15,28,37-41,45,56H,4-7,16-27,29-30H2,1-3H3,(H,50,59)(H,52,57)(H,53,58)/t37-,38+,39-,40-,41+,45-,47-,48+/m0/s1. The van der Waals surface area contributed by atoms with Gasteiger partial charge in [0.2, 0.25) is 17.7 Å². The molecule has 340 valence electrons. The van der Waals surface area contributed by atoms with Gasteiger partial charge in [-0.05, 0) is 147 Å². The number of anilines is 2. The number of Topliss-reactive ketones (excluding diaryl/α,β-unsaturated/α-hetero) is 1. The first-order valence-corrected chi connectivity index (χ1v) is 22.6. The molecular weight excluding hydrogens is 805 g/mol. The quantitative estimate of drug-likeness (QED) is 0.0232. The maximum atomic E-state index is 13.2. The summed E-state index contributed by atoms with van der Waals surface area (Å²) in [6.07, 6.45) is 11.6. The van der Waals surface area contributed by atoms with Crippen molar-refractivity contribution in [3.8, 4) is 0 Å². The summed E-state index contributed by atoms with van der Waals surface area (Å²) in [5.41, 5.74) is 11.6. The second-order valence-electron chi connectivity index (χ2n) is 18.2. The van der Waals surface area contributed by atoms with Gasteiger partial charge in [0.05, 0.1) is 38.6 Å². The Kier molecular flexibility index (Phi) is 16.7. The molecule has 4 N–H and O–H groups in total. The summed E-state index contributed by atoms with van der Waals surface area (Å²) < 4.78 is 17.1. The number of nitrogens with zero attached hydrogens (tertiary/aromatic N) is 3. The van der Waals surface area contributed by atoms with E-state index in [2.05, 4.69) is 45.9 Å². The lowest BCUT2D eigenvalue weighted by Crippen LogP contribution is -2.55. The van der Waals surface area contributed by atoms with Gasteiger partial charge in [-0.1, -0.05) is 37.0 Å². The van der Waals surface area contributed by atoms with Crippen LogP contribution in [0.15, 0.2) is 65.3 Å². The Morgan fingerprint density at radius 1 is 0.794 bits per heavy atom. The molecule has 0 saturated heterocycles. The molecule has 2 aromatic carbocycles. The van der Waals surface area contributed by atoms with Crippen molar-refractivity contribution in [2.45, 2.75) is 104 Å². The summed E-state index contributed by atoms with van der Waals surface area (Å²) in [5, 5.41) is 22.0. The fourth-order valence-electron chi connectivity index (χ4n) is 11.0. The molecule has 0 spiro atoms. The minimum absolute atomic E-state index is 0.0144. The van der Waals surface area contributed by atoms with Crippen molar-refractivity contribution in [2.75, 3.05) is 56.8 Å². The minimum atomic E-state index is -0.467. The van der Waals surface area contributed by atoms with Crippen LogP contribution in [0.4, 0.5) is 11.4 Å². The number of ether oxygens (including phenoxy) is 3. The molecule has 0 unspecified atom stereocenters. The molecule has 4 aliphatic carbocycles. The number of rotatable bonds is 22. The van der Waals surface area contributed by atoms with E-state index < -0.39 is 11.8 Å². The van der Waals surface area contributed by atoms with Crippen molar-refractivity contribution in [2.24, 2.45) is 39.6 Å². The van der Waals surface area contributed by atoms with Gasteiger partial charge in [-0.25, -0.2) is 0 Å². The maximum absolute atomic E-state index is 13.2. The Labute approximate surface area is 370 Å². The number of hydrogen-bond acceptors (Lipinski definition) is 10. The smallest absolute Gasteiger partial charge is 0.246 e. The van der Waals surface area contributed by atoms with Gasteiger partial charge in [-0.2, -0.15) is 0 Å². The number of carbonyl (C=O) groups is 5. The SMILES string of the molecule is CC(=O)[C@H]1CC[C@H]2[C@@H]3[C@H](OCCCCCC(=O)Nc4ccc(C(=O)c5ccc(NC(=O)CNC(=O)COCCOCCN=[N+]=[N-])cc5)cc4)C=C4C[C@@H](O)CC[C@]4(C)[C@H]3CC[C@]12C. The summed E-state index contributed by atoms with van der Waals surface area (Å²) in [6, 6.07) is 13.2. The predicted octanol–water partition coefficient (Wildman–Crippen LogP) is 7.34. The molecule has 3 saturated carbocycles. The number of aliphatic hydroxyl groups is 1. The van der Waals surface area contributed by atoms with Gasteiger partial charge in [-0.3, -0.25) is 24.0 Å². The van der Waals surface area contributed by atoms with Crippen molar-refractivity contribution < 1.29 is 43.3 Å². The molecule has 0 aromatic heterocycles. The van der Waals surface area contributed by atoms with Crippen LogP contribution in [0.1, 0.15) is 107 Å². The number of unbranched alkanes of at least 4 members (excludes halogenated alkanes) is 2. The number of amides is 3. The molecule has 6 rings (SSSR count). The second kappa shape index (κ2) is 22.1. The number of carbonyl (C=O) groups excluding carboxylic acids is 5. The zero-order chi connectivity index (χ0) is 45.0. The van der Waals surface area contributed by atoms with Crippen LogP contribution in [0.5, 0.6) is 0 Å². The molecule has 15 heteroatoms. The molecule has 4 aliphatic rings. The van der Waals surface area contributed by atoms with Crippen LogP contribution in [0.2, 0.25) is 0 Å². The van der Waals surface area contributed by atoms with E-state index in [9.17, 15) is 29.1 Å². The molecule has 0 aliphatic heterocycles. The lowest BCUT2D eigenvalue weighted by molar-refractivity contribution is -0.134. The van der Waals surface area contributed by atoms with E-state index in [1.165, 1.54) is 5.57 Å².